The van der Waals surface area contributed by atoms with E-state index in [0.717, 1.165) is 22.3 Å². The van der Waals surface area contributed by atoms with Crippen LogP contribution in [-0.4, -0.2) is 14.6 Å². The van der Waals surface area contributed by atoms with E-state index in [1.54, 1.807) is 31.2 Å². The number of halogens is 4. The zero-order valence-electron chi connectivity index (χ0n) is 10.8. The fourth-order valence-corrected chi connectivity index (χ4v) is 2.35. The molecule has 0 bridgehead atoms. The van der Waals surface area contributed by atoms with Crippen molar-refractivity contribution in [2.45, 2.75) is 13.1 Å². The number of alkyl halides is 3. The average molecular weight is 312 g/mol. The lowest BCUT2D eigenvalue weighted by atomic mass is 10.1. The first kappa shape index (κ1) is 13.9. The molecule has 108 valence electrons. The molecule has 0 fully saturated rings. The molecule has 0 N–H and O–H groups in total. The van der Waals surface area contributed by atoms with Gasteiger partial charge in [-0.05, 0) is 30.7 Å². The lowest BCUT2D eigenvalue weighted by Gasteiger charge is -2.08. The topological polar surface area (TPSA) is 30.2 Å². The summed E-state index contributed by atoms with van der Waals surface area (Å²) < 4.78 is 39.9. The number of hydrogen-bond acceptors (Lipinski definition) is 2. The second-order valence-electron chi connectivity index (χ2n) is 4.53. The number of aryl methyl sites for hydroxylation is 1. The first-order chi connectivity index (χ1) is 9.88. The van der Waals surface area contributed by atoms with Gasteiger partial charge in [0, 0.05) is 16.8 Å². The van der Waals surface area contributed by atoms with Crippen molar-refractivity contribution in [3.8, 4) is 11.1 Å². The highest BCUT2D eigenvalue weighted by Gasteiger charge is 2.35. The summed E-state index contributed by atoms with van der Waals surface area (Å²) in [5.41, 5.74) is 1.08. The minimum atomic E-state index is -4.49. The molecule has 2 aromatic heterocycles. The summed E-state index contributed by atoms with van der Waals surface area (Å²) in [6.07, 6.45) is -3.35. The van der Waals surface area contributed by atoms with Crippen molar-refractivity contribution in [1.82, 2.24) is 14.6 Å². The van der Waals surface area contributed by atoms with Crippen LogP contribution in [0.25, 0.3) is 16.8 Å². The lowest BCUT2D eigenvalue weighted by molar-refractivity contribution is -0.142. The molecule has 0 unspecified atom stereocenters. The molecule has 0 atom stereocenters. The van der Waals surface area contributed by atoms with Gasteiger partial charge in [0.1, 0.15) is 5.69 Å². The summed E-state index contributed by atoms with van der Waals surface area (Å²) in [4.78, 5) is 4.04. The molecule has 0 aliphatic heterocycles. The molecule has 0 aliphatic carbocycles. The van der Waals surface area contributed by atoms with Gasteiger partial charge in [-0.15, -0.1) is 0 Å². The van der Waals surface area contributed by atoms with E-state index in [4.69, 9.17) is 11.6 Å². The van der Waals surface area contributed by atoms with E-state index in [9.17, 15) is 13.2 Å². The minimum absolute atomic E-state index is 0.171. The Bertz CT molecular complexity index is 807. The minimum Gasteiger partial charge on any atom is -0.236 e. The number of rotatable bonds is 1. The van der Waals surface area contributed by atoms with Gasteiger partial charge in [-0.25, -0.2) is 9.50 Å². The smallest absolute Gasteiger partial charge is 0.236 e. The summed E-state index contributed by atoms with van der Waals surface area (Å²) in [6.45, 7) is 1.65. The molecule has 0 amide bonds. The quantitative estimate of drug-likeness (QED) is 0.667. The van der Waals surface area contributed by atoms with E-state index in [1.165, 1.54) is 0 Å². The molecule has 21 heavy (non-hydrogen) atoms. The molecule has 1 aromatic carbocycles. The molecule has 3 aromatic rings. The van der Waals surface area contributed by atoms with Crippen LogP contribution in [0.5, 0.6) is 0 Å². The van der Waals surface area contributed by atoms with Crippen LogP contribution < -0.4 is 0 Å². The van der Waals surface area contributed by atoms with Gasteiger partial charge in [0.15, 0.2) is 5.65 Å². The maximum absolute atomic E-state index is 13.0. The van der Waals surface area contributed by atoms with Crippen molar-refractivity contribution in [3.05, 3.63) is 52.9 Å². The Balaban J connectivity index is 2.30. The number of nitrogens with zero attached hydrogens (tertiary/aromatic N) is 3. The van der Waals surface area contributed by atoms with Crippen LogP contribution in [0.2, 0.25) is 5.02 Å². The van der Waals surface area contributed by atoms with Crippen LogP contribution in [0.4, 0.5) is 13.2 Å². The maximum atomic E-state index is 13.0. The maximum Gasteiger partial charge on any atom is 0.433 e. The second kappa shape index (κ2) is 4.73. The number of hydrogen-bond donors (Lipinski definition) is 0. The molecule has 0 aliphatic rings. The standard InChI is InChI=1S/C14H9ClF3N3/c1-8-12(9-2-4-10(15)5-3-9)13-19-7-6-11(14(16,17)18)21(13)20-8/h2-7H,1H3. The van der Waals surface area contributed by atoms with E-state index in [1.807, 2.05) is 0 Å². The third-order valence-electron chi connectivity index (χ3n) is 3.12. The predicted molar refractivity (Wildman–Crippen MR) is 73.2 cm³/mol. The Kier molecular flexibility index (Phi) is 3.13. The fourth-order valence-electron chi connectivity index (χ4n) is 2.22. The van der Waals surface area contributed by atoms with Gasteiger partial charge in [0.25, 0.3) is 0 Å². The molecule has 7 heteroatoms. The summed E-state index contributed by atoms with van der Waals surface area (Å²) in [7, 11) is 0. The van der Waals surface area contributed by atoms with Gasteiger partial charge < -0.3 is 0 Å². The number of benzene rings is 1. The third kappa shape index (κ3) is 2.35. The number of fused-ring (bicyclic) bond motifs is 1. The SMILES string of the molecule is Cc1nn2c(C(F)(F)F)ccnc2c1-c1ccc(Cl)cc1. The monoisotopic (exact) mass is 311 g/mol. The van der Waals surface area contributed by atoms with Crippen molar-refractivity contribution in [2.24, 2.45) is 0 Å². The second-order valence-corrected chi connectivity index (χ2v) is 4.97. The highest BCUT2D eigenvalue weighted by atomic mass is 35.5. The highest BCUT2D eigenvalue weighted by Crippen LogP contribution is 2.33. The van der Waals surface area contributed by atoms with Crippen LogP contribution in [0, 0.1) is 6.92 Å². The number of aromatic nitrogens is 3. The van der Waals surface area contributed by atoms with E-state index in [-0.39, 0.29) is 5.65 Å². The van der Waals surface area contributed by atoms with Gasteiger partial charge in [0.2, 0.25) is 0 Å². The summed E-state index contributed by atoms with van der Waals surface area (Å²) in [6, 6.07) is 7.72. The molecule has 3 nitrogen and oxygen atoms in total. The van der Waals surface area contributed by atoms with Crippen molar-refractivity contribution >= 4 is 17.2 Å². The molecule has 0 spiro atoms. The zero-order chi connectivity index (χ0) is 15.2. The van der Waals surface area contributed by atoms with Crippen LogP contribution in [0.3, 0.4) is 0 Å². The van der Waals surface area contributed by atoms with Gasteiger partial charge in [0.05, 0.1) is 5.69 Å². The Morgan fingerprint density at radius 1 is 1.10 bits per heavy atom. The van der Waals surface area contributed by atoms with Gasteiger partial charge in [-0.2, -0.15) is 18.3 Å². The van der Waals surface area contributed by atoms with Crippen molar-refractivity contribution in [2.75, 3.05) is 0 Å². The van der Waals surface area contributed by atoms with Crippen LogP contribution >= 0.6 is 11.6 Å². The van der Waals surface area contributed by atoms with Crippen molar-refractivity contribution < 1.29 is 13.2 Å². The van der Waals surface area contributed by atoms with Crippen LogP contribution in [0.1, 0.15) is 11.4 Å². The first-order valence-corrected chi connectivity index (χ1v) is 6.43. The summed E-state index contributed by atoms with van der Waals surface area (Å²) in [5.74, 6) is 0. The van der Waals surface area contributed by atoms with E-state index < -0.39 is 11.9 Å². The molecule has 2 heterocycles. The highest BCUT2D eigenvalue weighted by molar-refractivity contribution is 6.30. The third-order valence-corrected chi connectivity index (χ3v) is 3.37. The lowest BCUT2D eigenvalue weighted by Crippen LogP contribution is -2.12. The van der Waals surface area contributed by atoms with Gasteiger partial charge in [-0.1, -0.05) is 23.7 Å². The van der Waals surface area contributed by atoms with Crippen molar-refractivity contribution in [3.63, 3.8) is 0 Å². The fraction of sp³-hybridized carbons (Fsp3) is 0.143. The van der Waals surface area contributed by atoms with E-state index in [0.29, 0.717) is 16.3 Å². The Hall–Kier alpha value is -2.08. The van der Waals surface area contributed by atoms with E-state index >= 15 is 0 Å². The molecular formula is C14H9ClF3N3. The molecular weight excluding hydrogens is 303 g/mol. The summed E-state index contributed by atoms with van der Waals surface area (Å²) >= 11 is 5.83. The molecule has 0 radical (unpaired) electrons. The average Bonchev–Trinajstić information content (AvgIpc) is 2.74. The zero-order valence-corrected chi connectivity index (χ0v) is 11.6. The molecule has 0 saturated heterocycles. The Morgan fingerprint density at radius 2 is 1.76 bits per heavy atom. The first-order valence-electron chi connectivity index (χ1n) is 6.05. The van der Waals surface area contributed by atoms with Gasteiger partial charge in [-0.3, -0.25) is 0 Å². The summed E-state index contributed by atoms with van der Waals surface area (Å²) in [5, 5.41) is 4.53. The Labute approximate surface area is 123 Å². The van der Waals surface area contributed by atoms with Crippen LogP contribution in [0.15, 0.2) is 36.5 Å². The largest absolute Gasteiger partial charge is 0.433 e. The van der Waals surface area contributed by atoms with Crippen LogP contribution in [-0.2, 0) is 6.18 Å². The van der Waals surface area contributed by atoms with Gasteiger partial charge >= 0.3 is 6.18 Å². The molecule has 3 rings (SSSR count). The normalized spacial score (nSPS) is 12.0. The van der Waals surface area contributed by atoms with Crippen molar-refractivity contribution in [1.29, 1.82) is 0 Å². The molecule has 0 saturated carbocycles. The predicted octanol–water partition coefficient (Wildman–Crippen LogP) is 4.38. The Morgan fingerprint density at radius 3 is 2.38 bits per heavy atom. The van der Waals surface area contributed by atoms with E-state index in [2.05, 4.69) is 10.1 Å².